The first-order chi connectivity index (χ1) is 11.2. The molecular formula is C16H16N4O2S. The molecule has 1 unspecified atom stereocenters. The van der Waals surface area contributed by atoms with Crippen molar-refractivity contribution in [3.05, 3.63) is 64.4 Å². The summed E-state index contributed by atoms with van der Waals surface area (Å²) in [4.78, 5) is 16.3. The molecule has 3 rings (SSSR count). The molecule has 0 aromatic carbocycles. The van der Waals surface area contributed by atoms with E-state index >= 15 is 0 Å². The average molecular weight is 328 g/mol. The molecule has 0 spiro atoms. The highest BCUT2D eigenvalue weighted by Gasteiger charge is 2.16. The van der Waals surface area contributed by atoms with E-state index in [1.54, 1.807) is 17.1 Å². The third-order valence-electron chi connectivity index (χ3n) is 3.55. The Kier molecular flexibility index (Phi) is 4.50. The van der Waals surface area contributed by atoms with Crippen molar-refractivity contribution in [3.8, 4) is 5.69 Å². The predicted molar refractivity (Wildman–Crippen MR) is 87.7 cm³/mol. The van der Waals surface area contributed by atoms with E-state index in [1.807, 2.05) is 35.9 Å². The topological polar surface area (TPSA) is 80.0 Å². The van der Waals surface area contributed by atoms with Gasteiger partial charge in [0.25, 0.3) is 5.91 Å². The molecule has 7 heteroatoms. The number of pyridine rings is 1. The summed E-state index contributed by atoms with van der Waals surface area (Å²) in [5, 5.41) is 20.8. The summed E-state index contributed by atoms with van der Waals surface area (Å²) in [5.74, 6) is -0.253. The second kappa shape index (κ2) is 6.72. The Morgan fingerprint density at radius 1 is 1.39 bits per heavy atom. The number of aliphatic hydroxyl groups excluding tert-OH is 1. The van der Waals surface area contributed by atoms with Gasteiger partial charge in [-0.1, -0.05) is 0 Å². The quantitative estimate of drug-likeness (QED) is 0.752. The molecule has 0 saturated carbocycles. The van der Waals surface area contributed by atoms with Crippen LogP contribution in [0.4, 0.5) is 0 Å². The summed E-state index contributed by atoms with van der Waals surface area (Å²) in [6, 6.07) is 5.48. The number of rotatable bonds is 5. The molecule has 1 amide bonds. The molecule has 0 fully saturated rings. The van der Waals surface area contributed by atoms with Crippen LogP contribution in [-0.4, -0.2) is 32.3 Å². The first kappa shape index (κ1) is 15.4. The Hall–Kier alpha value is -2.51. The van der Waals surface area contributed by atoms with E-state index in [0.717, 1.165) is 16.9 Å². The molecule has 2 N–H and O–H groups in total. The number of nitrogens with one attached hydrogen (secondary N) is 1. The number of amides is 1. The van der Waals surface area contributed by atoms with E-state index in [2.05, 4.69) is 15.4 Å². The monoisotopic (exact) mass is 328 g/mol. The van der Waals surface area contributed by atoms with E-state index in [-0.39, 0.29) is 12.5 Å². The molecule has 0 aliphatic carbocycles. The van der Waals surface area contributed by atoms with Gasteiger partial charge in [-0.25, -0.2) is 4.68 Å². The zero-order valence-corrected chi connectivity index (χ0v) is 13.3. The number of hydrogen-bond acceptors (Lipinski definition) is 5. The highest BCUT2D eigenvalue weighted by molar-refractivity contribution is 7.07. The normalized spacial score (nSPS) is 12.1. The van der Waals surface area contributed by atoms with Crippen LogP contribution in [0.2, 0.25) is 0 Å². The Morgan fingerprint density at radius 3 is 2.87 bits per heavy atom. The molecule has 1 atom stereocenters. The van der Waals surface area contributed by atoms with Crippen LogP contribution in [0.1, 0.15) is 27.7 Å². The standard InChI is InChI=1S/C16H16N4O2S/c1-11-14(8-19-20(11)13-2-5-17-6-3-13)16(22)18-9-15(21)12-4-7-23-10-12/h2-8,10,15,21H,9H2,1H3,(H,18,22). The molecule has 3 aromatic rings. The second-order valence-electron chi connectivity index (χ2n) is 5.04. The van der Waals surface area contributed by atoms with Gasteiger partial charge in [-0.3, -0.25) is 9.78 Å². The molecule has 0 aliphatic heterocycles. The third kappa shape index (κ3) is 3.30. The van der Waals surface area contributed by atoms with Crippen LogP contribution in [-0.2, 0) is 0 Å². The van der Waals surface area contributed by atoms with E-state index in [0.29, 0.717) is 5.56 Å². The van der Waals surface area contributed by atoms with Crippen LogP contribution in [0.25, 0.3) is 5.69 Å². The van der Waals surface area contributed by atoms with Crippen molar-refractivity contribution in [2.24, 2.45) is 0 Å². The van der Waals surface area contributed by atoms with E-state index < -0.39 is 6.10 Å². The highest BCUT2D eigenvalue weighted by Crippen LogP contribution is 2.16. The number of aromatic nitrogens is 3. The van der Waals surface area contributed by atoms with Crippen molar-refractivity contribution in [2.45, 2.75) is 13.0 Å². The van der Waals surface area contributed by atoms with Crippen LogP contribution in [0.15, 0.2) is 47.5 Å². The maximum atomic E-state index is 12.3. The van der Waals surface area contributed by atoms with Crippen molar-refractivity contribution < 1.29 is 9.90 Å². The fraction of sp³-hybridized carbons (Fsp3) is 0.188. The van der Waals surface area contributed by atoms with Crippen LogP contribution in [0.5, 0.6) is 0 Å². The van der Waals surface area contributed by atoms with Crippen molar-refractivity contribution >= 4 is 17.2 Å². The van der Waals surface area contributed by atoms with Crippen molar-refractivity contribution in [1.29, 1.82) is 0 Å². The van der Waals surface area contributed by atoms with E-state index in [1.165, 1.54) is 17.5 Å². The Labute approximate surface area is 137 Å². The molecule has 118 valence electrons. The van der Waals surface area contributed by atoms with Crippen LogP contribution in [0.3, 0.4) is 0 Å². The lowest BCUT2D eigenvalue weighted by Crippen LogP contribution is -2.28. The molecular weight excluding hydrogens is 312 g/mol. The summed E-state index contributed by atoms with van der Waals surface area (Å²) in [6.45, 7) is 1.99. The van der Waals surface area contributed by atoms with Crippen molar-refractivity contribution in [1.82, 2.24) is 20.1 Å². The molecule has 6 nitrogen and oxygen atoms in total. The van der Waals surface area contributed by atoms with Gasteiger partial charge >= 0.3 is 0 Å². The number of nitrogens with zero attached hydrogens (tertiary/aromatic N) is 3. The van der Waals surface area contributed by atoms with Crippen molar-refractivity contribution in [2.75, 3.05) is 6.54 Å². The number of thiophene rings is 1. The van der Waals surface area contributed by atoms with Crippen LogP contribution >= 0.6 is 11.3 Å². The summed E-state index contributed by atoms with van der Waals surface area (Å²) in [5.41, 5.74) is 2.87. The Balaban J connectivity index is 1.70. The zero-order valence-electron chi connectivity index (χ0n) is 12.5. The maximum Gasteiger partial charge on any atom is 0.254 e. The summed E-state index contributed by atoms with van der Waals surface area (Å²) < 4.78 is 1.69. The highest BCUT2D eigenvalue weighted by atomic mass is 32.1. The Morgan fingerprint density at radius 2 is 2.17 bits per heavy atom. The lowest BCUT2D eigenvalue weighted by Gasteiger charge is -2.10. The lowest BCUT2D eigenvalue weighted by atomic mass is 10.2. The molecule has 3 heterocycles. The summed E-state index contributed by atoms with van der Waals surface area (Å²) >= 11 is 1.51. The van der Waals surface area contributed by atoms with Crippen LogP contribution in [0, 0.1) is 6.92 Å². The van der Waals surface area contributed by atoms with E-state index in [4.69, 9.17) is 0 Å². The zero-order chi connectivity index (χ0) is 16.2. The van der Waals surface area contributed by atoms with Gasteiger partial charge in [0.05, 0.1) is 29.2 Å². The first-order valence-electron chi connectivity index (χ1n) is 7.10. The van der Waals surface area contributed by atoms with Gasteiger partial charge in [0, 0.05) is 18.9 Å². The van der Waals surface area contributed by atoms with Gasteiger partial charge in [-0.15, -0.1) is 0 Å². The minimum Gasteiger partial charge on any atom is -0.387 e. The SMILES string of the molecule is Cc1c(C(=O)NCC(O)c2ccsc2)cnn1-c1ccncc1. The molecule has 0 saturated heterocycles. The minimum absolute atomic E-state index is 0.162. The van der Waals surface area contributed by atoms with Crippen LogP contribution < -0.4 is 5.32 Å². The van der Waals surface area contributed by atoms with Gasteiger partial charge < -0.3 is 10.4 Å². The van der Waals surface area contributed by atoms with E-state index in [9.17, 15) is 9.90 Å². The maximum absolute atomic E-state index is 12.3. The molecule has 3 aromatic heterocycles. The largest absolute Gasteiger partial charge is 0.387 e. The second-order valence-corrected chi connectivity index (χ2v) is 5.82. The fourth-order valence-corrected chi connectivity index (χ4v) is 2.95. The van der Waals surface area contributed by atoms with Gasteiger partial charge in [0.2, 0.25) is 0 Å². The summed E-state index contributed by atoms with van der Waals surface area (Å²) in [7, 11) is 0. The minimum atomic E-state index is -0.708. The third-order valence-corrected chi connectivity index (χ3v) is 4.25. The summed E-state index contributed by atoms with van der Waals surface area (Å²) in [6.07, 6.45) is 4.17. The molecule has 0 aliphatic rings. The first-order valence-corrected chi connectivity index (χ1v) is 8.04. The smallest absolute Gasteiger partial charge is 0.254 e. The van der Waals surface area contributed by atoms with Gasteiger partial charge in [-0.05, 0) is 41.4 Å². The Bertz CT molecular complexity index is 784. The van der Waals surface area contributed by atoms with Gasteiger partial charge in [-0.2, -0.15) is 16.4 Å². The number of aliphatic hydroxyl groups is 1. The number of hydrogen-bond donors (Lipinski definition) is 2. The fourth-order valence-electron chi connectivity index (χ4n) is 2.25. The average Bonchev–Trinajstić information content (AvgIpc) is 3.23. The van der Waals surface area contributed by atoms with Crippen molar-refractivity contribution in [3.63, 3.8) is 0 Å². The van der Waals surface area contributed by atoms with Gasteiger partial charge in [0.15, 0.2) is 0 Å². The lowest BCUT2D eigenvalue weighted by molar-refractivity contribution is 0.0916. The number of carbonyl (C=O) groups excluding carboxylic acids is 1. The predicted octanol–water partition coefficient (Wildman–Crippen LogP) is 2.10. The number of carbonyl (C=O) groups is 1. The molecule has 0 radical (unpaired) electrons. The molecule has 23 heavy (non-hydrogen) atoms. The van der Waals surface area contributed by atoms with Gasteiger partial charge in [0.1, 0.15) is 0 Å². The molecule has 0 bridgehead atoms.